The van der Waals surface area contributed by atoms with Gasteiger partial charge in [0.25, 0.3) is 5.91 Å². The van der Waals surface area contributed by atoms with E-state index in [2.05, 4.69) is 42.7 Å². The number of fused-ring (bicyclic) bond motifs is 1. The number of furan rings is 1. The molecule has 3 aromatic rings. The summed E-state index contributed by atoms with van der Waals surface area (Å²) in [6, 6.07) is 14.2. The number of halogens is 2. The number of hydrazine groups is 1. The Morgan fingerprint density at radius 3 is 2.58 bits per heavy atom. The lowest BCUT2D eigenvalue weighted by Gasteiger charge is -2.15. The van der Waals surface area contributed by atoms with Crippen molar-refractivity contribution < 1.29 is 18.7 Å². The van der Waals surface area contributed by atoms with Crippen molar-refractivity contribution in [3.05, 3.63) is 63.2 Å². The fourth-order valence-electron chi connectivity index (χ4n) is 2.22. The first-order valence-electron chi connectivity index (χ1n) is 7.64. The van der Waals surface area contributed by atoms with Gasteiger partial charge in [-0.1, -0.05) is 34.1 Å². The molecule has 3 rings (SSSR count). The van der Waals surface area contributed by atoms with Crippen molar-refractivity contribution in [2.45, 2.75) is 13.0 Å². The van der Waals surface area contributed by atoms with Crippen molar-refractivity contribution in [3.8, 4) is 5.75 Å². The minimum Gasteiger partial charge on any atom is -0.481 e. The second kappa shape index (κ2) is 7.92. The van der Waals surface area contributed by atoms with Crippen LogP contribution in [0.3, 0.4) is 0 Å². The van der Waals surface area contributed by atoms with Crippen molar-refractivity contribution >= 4 is 54.6 Å². The molecule has 26 heavy (non-hydrogen) atoms. The molecule has 1 atom stereocenters. The topological polar surface area (TPSA) is 80.6 Å². The fraction of sp³-hybridized carbons (Fsp3) is 0.111. The Morgan fingerprint density at radius 2 is 1.85 bits per heavy atom. The predicted octanol–water partition coefficient (Wildman–Crippen LogP) is 4.19. The Hall–Kier alpha value is -2.32. The lowest BCUT2D eigenvalue weighted by molar-refractivity contribution is -0.128. The van der Waals surface area contributed by atoms with E-state index in [4.69, 9.17) is 9.15 Å². The van der Waals surface area contributed by atoms with Gasteiger partial charge in [0.1, 0.15) is 11.3 Å². The third-order valence-corrected chi connectivity index (χ3v) is 4.61. The quantitative estimate of drug-likeness (QED) is 0.547. The van der Waals surface area contributed by atoms with Gasteiger partial charge < -0.3 is 9.15 Å². The van der Waals surface area contributed by atoms with E-state index in [0.717, 1.165) is 14.3 Å². The van der Waals surface area contributed by atoms with Crippen molar-refractivity contribution in [2.24, 2.45) is 0 Å². The molecule has 0 spiro atoms. The molecular formula is C18H14Br2N2O4. The molecule has 0 aliphatic rings. The van der Waals surface area contributed by atoms with Crippen molar-refractivity contribution in [2.75, 3.05) is 0 Å². The van der Waals surface area contributed by atoms with Crippen LogP contribution in [0.1, 0.15) is 17.5 Å². The van der Waals surface area contributed by atoms with Gasteiger partial charge in [0, 0.05) is 9.86 Å². The van der Waals surface area contributed by atoms with Gasteiger partial charge in [0.2, 0.25) is 0 Å². The Morgan fingerprint density at radius 1 is 1.08 bits per heavy atom. The molecule has 0 bridgehead atoms. The van der Waals surface area contributed by atoms with Gasteiger partial charge in [-0.2, -0.15) is 0 Å². The molecule has 6 nitrogen and oxygen atoms in total. The van der Waals surface area contributed by atoms with E-state index >= 15 is 0 Å². The zero-order valence-electron chi connectivity index (χ0n) is 13.6. The van der Waals surface area contributed by atoms with Crippen LogP contribution < -0.4 is 15.6 Å². The van der Waals surface area contributed by atoms with Crippen molar-refractivity contribution in [3.63, 3.8) is 0 Å². The van der Waals surface area contributed by atoms with Gasteiger partial charge in [0.15, 0.2) is 11.9 Å². The zero-order chi connectivity index (χ0) is 18.7. The molecule has 1 unspecified atom stereocenters. The lowest BCUT2D eigenvalue weighted by Crippen LogP contribution is -2.47. The van der Waals surface area contributed by atoms with E-state index in [9.17, 15) is 9.59 Å². The van der Waals surface area contributed by atoms with Gasteiger partial charge >= 0.3 is 5.91 Å². The van der Waals surface area contributed by atoms with Crippen LogP contribution in [-0.4, -0.2) is 17.9 Å². The summed E-state index contributed by atoms with van der Waals surface area (Å²) in [7, 11) is 0. The first-order valence-corrected chi connectivity index (χ1v) is 9.23. The summed E-state index contributed by atoms with van der Waals surface area (Å²) in [5.74, 6) is -0.421. The second-order valence-corrected chi connectivity index (χ2v) is 7.20. The third kappa shape index (κ3) is 4.25. The maximum absolute atomic E-state index is 12.2. The number of carbonyl (C=O) groups excluding carboxylic acids is 2. The van der Waals surface area contributed by atoms with Crippen LogP contribution in [0.2, 0.25) is 0 Å². The van der Waals surface area contributed by atoms with E-state index in [1.54, 1.807) is 31.2 Å². The molecule has 2 N–H and O–H groups in total. The van der Waals surface area contributed by atoms with Gasteiger partial charge in [0.05, 0.1) is 4.47 Å². The van der Waals surface area contributed by atoms with Gasteiger partial charge in [-0.25, -0.2) is 0 Å². The highest BCUT2D eigenvalue weighted by atomic mass is 79.9. The molecule has 2 amide bonds. The molecule has 0 saturated carbocycles. The highest BCUT2D eigenvalue weighted by Gasteiger charge is 2.18. The molecule has 0 radical (unpaired) electrons. The predicted molar refractivity (Wildman–Crippen MR) is 104 cm³/mol. The number of para-hydroxylation sites is 1. The Kier molecular flexibility index (Phi) is 5.63. The molecule has 0 fully saturated rings. The number of carbonyl (C=O) groups is 2. The van der Waals surface area contributed by atoms with Crippen molar-refractivity contribution in [1.29, 1.82) is 0 Å². The molecule has 134 valence electrons. The molecule has 0 aliphatic heterocycles. The Balaban J connectivity index is 1.59. The molecular weight excluding hydrogens is 468 g/mol. The largest absolute Gasteiger partial charge is 0.481 e. The zero-order valence-corrected chi connectivity index (χ0v) is 16.8. The summed E-state index contributed by atoms with van der Waals surface area (Å²) in [5, 5.41) is 0.780. The van der Waals surface area contributed by atoms with Crippen molar-refractivity contribution in [1.82, 2.24) is 10.9 Å². The van der Waals surface area contributed by atoms with E-state index in [1.165, 1.54) is 0 Å². The van der Waals surface area contributed by atoms with E-state index in [0.29, 0.717) is 11.3 Å². The van der Waals surface area contributed by atoms with Crippen LogP contribution in [0.25, 0.3) is 11.0 Å². The normalized spacial score (nSPS) is 11.8. The minimum absolute atomic E-state index is 0.0905. The van der Waals surface area contributed by atoms with Gasteiger partial charge in [-0.15, -0.1) is 0 Å². The highest BCUT2D eigenvalue weighted by molar-refractivity contribution is 9.11. The van der Waals surface area contributed by atoms with Crippen LogP contribution in [-0.2, 0) is 4.79 Å². The van der Waals surface area contributed by atoms with E-state index in [1.807, 2.05) is 24.3 Å². The lowest BCUT2D eigenvalue weighted by atomic mass is 10.2. The van der Waals surface area contributed by atoms with Crippen LogP contribution in [0.4, 0.5) is 0 Å². The summed E-state index contributed by atoms with van der Waals surface area (Å²) in [5.41, 5.74) is 5.21. The Bertz CT molecular complexity index is 971. The molecule has 1 aromatic heterocycles. The molecule has 1 heterocycles. The van der Waals surface area contributed by atoms with E-state index in [-0.39, 0.29) is 5.76 Å². The highest BCUT2D eigenvalue weighted by Crippen LogP contribution is 2.26. The monoisotopic (exact) mass is 480 g/mol. The molecule has 2 aromatic carbocycles. The first kappa shape index (κ1) is 18.5. The number of benzene rings is 2. The standard InChI is InChI=1S/C18H14Br2N2O4/c1-10(25-13-6-3-5-12(19)9-13)17(23)21-22-18(24)15-8-11-4-2-7-14(20)16(11)26-15/h2-10H,1H3,(H,21,23)(H,22,24). The number of hydrogen-bond donors (Lipinski definition) is 2. The average Bonchev–Trinajstić information content (AvgIpc) is 3.05. The maximum Gasteiger partial charge on any atom is 0.305 e. The van der Waals surface area contributed by atoms with Gasteiger partial charge in [-0.05, 0) is 53.2 Å². The maximum atomic E-state index is 12.2. The minimum atomic E-state index is -0.797. The first-order chi connectivity index (χ1) is 12.4. The molecule has 0 saturated heterocycles. The second-order valence-electron chi connectivity index (χ2n) is 5.43. The average molecular weight is 482 g/mol. The number of amides is 2. The molecule has 8 heteroatoms. The van der Waals surface area contributed by atoms with Crippen LogP contribution in [0, 0.1) is 0 Å². The number of rotatable bonds is 4. The number of ether oxygens (including phenoxy) is 1. The van der Waals surface area contributed by atoms with Crippen LogP contribution >= 0.6 is 31.9 Å². The van der Waals surface area contributed by atoms with Gasteiger partial charge in [-0.3, -0.25) is 20.4 Å². The van der Waals surface area contributed by atoms with Crippen LogP contribution in [0.5, 0.6) is 5.75 Å². The smallest absolute Gasteiger partial charge is 0.305 e. The van der Waals surface area contributed by atoms with E-state index < -0.39 is 17.9 Å². The summed E-state index contributed by atoms with van der Waals surface area (Å²) in [6.45, 7) is 1.58. The number of nitrogens with one attached hydrogen (secondary N) is 2. The summed E-state index contributed by atoms with van der Waals surface area (Å²) < 4.78 is 12.6. The third-order valence-electron chi connectivity index (χ3n) is 3.50. The fourth-order valence-corrected chi connectivity index (χ4v) is 3.06. The summed E-state index contributed by atoms with van der Waals surface area (Å²) in [6.07, 6.45) is -0.797. The Labute approximate surface area is 166 Å². The number of hydrogen-bond acceptors (Lipinski definition) is 4. The summed E-state index contributed by atoms with van der Waals surface area (Å²) in [4.78, 5) is 24.3. The SMILES string of the molecule is CC(Oc1cccc(Br)c1)C(=O)NNC(=O)c1cc2cccc(Br)c2o1. The summed E-state index contributed by atoms with van der Waals surface area (Å²) >= 11 is 6.70. The molecule has 0 aliphatic carbocycles. The van der Waals surface area contributed by atoms with Crippen LogP contribution in [0.15, 0.2) is 61.9 Å².